The normalized spacial score (nSPS) is 14.1. The van der Waals surface area contributed by atoms with E-state index in [0.717, 1.165) is 12.8 Å². The first-order valence-electron chi connectivity index (χ1n) is 5.26. The molecule has 1 fully saturated rings. The van der Waals surface area contributed by atoms with Crippen molar-refractivity contribution in [2.75, 3.05) is 7.11 Å². The molecule has 0 spiro atoms. The Hall–Kier alpha value is -1.63. The fourth-order valence-corrected chi connectivity index (χ4v) is 2.03. The van der Waals surface area contributed by atoms with Crippen molar-refractivity contribution in [2.45, 2.75) is 18.9 Å². The molecule has 0 bridgehead atoms. The van der Waals surface area contributed by atoms with Crippen LogP contribution in [0.4, 0.5) is 5.69 Å². The number of rotatable bonds is 4. The van der Waals surface area contributed by atoms with E-state index in [1.807, 2.05) is 0 Å². The lowest BCUT2D eigenvalue weighted by molar-refractivity contribution is -0.386. The number of halogens is 1. The molecule has 18 heavy (non-hydrogen) atoms. The molecule has 1 aromatic carbocycles. The maximum atomic E-state index is 11.4. The summed E-state index contributed by atoms with van der Waals surface area (Å²) in [7, 11) is 1.25. The van der Waals surface area contributed by atoms with Gasteiger partial charge in [-0.3, -0.25) is 10.1 Å². The number of carbonyl (C=O) groups excluding carboxylic acids is 1. The molecule has 0 aromatic heterocycles. The summed E-state index contributed by atoms with van der Waals surface area (Å²) in [6.45, 7) is 0. The van der Waals surface area contributed by atoms with E-state index in [9.17, 15) is 14.9 Å². The fourth-order valence-electron chi connectivity index (χ4n) is 1.44. The predicted octanol–water partition coefficient (Wildman–Crippen LogP) is 2.69. The Morgan fingerprint density at radius 2 is 2.17 bits per heavy atom. The van der Waals surface area contributed by atoms with E-state index in [1.165, 1.54) is 19.2 Å². The summed E-state index contributed by atoms with van der Waals surface area (Å²) < 4.78 is 10.2. The van der Waals surface area contributed by atoms with Crippen molar-refractivity contribution >= 4 is 27.6 Å². The number of hydrogen-bond donors (Lipinski definition) is 0. The summed E-state index contributed by atoms with van der Waals surface area (Å²) >= 11 is 3.08. The molecule has 2 rings (SSSR count). The van der Waals surface area contributed by atoms with Gasteiger partial charge in [0.15, 0.2) is 5.75 Å². The van der Waals surface area contributed by atoms with Crippen molar-refractivity contribution < 1.29 is 19.2 Å². The Morgan fingerprint density at radius 3 is 2.67 bits per heavy atom. The molecule has 0 amide bonds. The minimum Gasteiger partial charge on any atom is -0.483 e. The van der Waals surface area contributed by atoms with Crippen molar-refractivity contribution in [1.29, 1.82) is 0 Å². The van der Waals surface area contributed by atoms with E-state index in [1.54, 1.807) is 0 Å². The maximum absolute atomic E-state index is 11.4. The first-order chi connectivity index (χ1) is 8.52. The van der Waals surface area contributed by atoms with E-state index in [4.69, 9.17) is 4.74 Å². The highest BCUT2D eigenvalue weighted by atomic mass is 79.9. The molecule has 7 heteroatoms. The molecule has 0 aliphatic heterocycles. The van der Waals surface area contributed by atoms with Gasteiger partial charge < -0.3 is 9.47 Å². The number of hydrogen-bond acceptors (Lipinski definition) is 5. The predicted molar refractivity (Wildman–Crippen MR) is 65.8 cm³/mol. The zero-order valence-electron chi connectivity index (χ0n) is 9.51. The number of nitrogens with zero attached hydrogens (tertiary/aromatic N) is 1. The lowest BCUT2D eigenvalue weighted by Gasteiger charge is -2.08. The van der Waals surface area contributed by atoms with Crippen molar-refractivity contribution in [1.82, 2.24) is 0 Å². The second kappa shape index (κ2) is 4.93. The van der Waals surface area contributed by atoms with Gasteiger partial charge in [-0.25, -0.2) is 4.79 Å². The van der Waals surface area contributed by atoms with Crippen LogP contribution in [0.15, 0.2) is 16.6 Å². The van der Waals surface area contributed by atoms with Crippen LogP contribution in [-0.2, 0) is 4.74 Å². The Balaban J connectivity index is 2.45. The minimum atomic E-state index is -0.564. The molecule has 6 nitrogen and oxygen atoms in total. The Bertz CT molecular complexity index is 512. The number of benzene rings is 1. The van der Waals surface area contributed by atoms with Crippen molar-refractivity contribution in [3.8, 4) is 5.75 Å². The highest BCUT2D eigenvalue weighted by Gasteiger charge is 2.30. The first-order valence-corrected chi connectivity index (χ1v) is 6.05. The summed E-state index contributed by atoms with van der Waals surface area (Å²) in [6.07, 6.45) is 1.75. The monoisotopic (exact) mass is 315 g/mol. The van der Waals surface area contributed by atoms with Gasteiger partial charge in [0.1, 0.15) is 4.47 Å². The summed E-state index contributed by atoms with van der Waals surface area (Å²) in [5.41, 5.74) is 0.0418. The third-order valence-corrected chi connectivity index (χ3v) is 3.05. The molecular weight excluding hydrogens is 306 g/mol. The number of esters is 1. The molecular formula is C11H10BrNO5. The van der Waals surface area contributed by atoms with Gasteiger partial charge in [0.2, 0.25) is 0 Å². The van der Waals surface area contributed by atoms with Crippen LogP contribution in [0.25, 0.3) is 0 Å². The lowest BCUT2D eigenvalue weighted by Crippen LogP contribution is -2.06. The second-order valence-electron chi connectivity index (χ2n) is 3.87. The topological polar surface area (TPSA) is 78.7 Å². The minimum absolute atomic E-state index is 0.00324. The third-order valence-electron chi connectivity index (χ3n) is 2.45. The average molecular weight is 316 g/mol. The first kappa shape index (κ1) is 12.8. The molecule has 0 heterocycles. The molecule has 0 unspecified atom stereocenters. The molecule has 1 aliphatic rings. The van der Waals surface area contributed by atoms with Crippen LogP contribution in [0.2, 0.25) is 0 Å². The van der Waals surface area contributed by atoms with E-state index < -0.39 is 10.9 Å². The van der Waals surface area contributed by atoms with E-state index in [-0.39, 0.29) is 27.6 Å². The molecule has 0 atom stereocenters. The van der Waals surface area contributed by atoms with Gasteiger partial charge in [0, 0.05) is 6.07 Å². The highest BCUT2D eigenvalue weighted by molar-refractivity contribution is 9.10. The van der Waals surface area contributed by atoms with Crippen molar-refractivity contribution in [3.05, 3.63) is 32.3 Å². The van der Waals surface area contributed by atoms with Gasteiger partial charge in [0.25, 0.3) is 0 Å². The zero-order valence-corrected chi connectivity index (χ0v) is 11.1. The smallest absolute Gasteiger partial charge is 0.338 e. The van der Waals surface area contributed by atoms with Crippen LogP contribution < -0.4 is 4.74 Å². The van der Waals surface area contributed by atoms with Gasteiger partial charge in [-0.1, -0.05) is 0 Å². The number of nitro benzene ring substituents is 1. The van der Waals surface area contributed by atoms with Gasteiger partial charge in [-0.15, -0.1) is 0 Å². The number of carbonyl (C=O) groups is 1. The second-order valence-corrected chi connectivity index (χ2v) is 4.73. The summed E-state index contributed by atoms with van der Waals surface area (Å²) in [6, 6.07) is 2.69. The van der Waals surface area contributed by atoms with Crippen molar-refractivity contribution in [2.24, 2.45) is 0 Å². The van der Waals surface area contributed by atoms with Gasteiger partial charge >= 0.3 is 11.7 Å². The van der Waals surface area contributed by atoms with Crippen LogP contribution in [0.1, 0.15) is 23.2 Å². The highest BCUT2D eigenvalue weighted by Crippen LogP contribution is 2.39. The number of methoxy groups -OCH3 is 1. The molecule has 0 radical (unpaired) electrons. The van der Waals surface area contributed by atoms with Crippen LogP contribution >= 0.6 is 15.9 Å². The van der Waals surface area contributed by atoms with E-state index in [2.05, 4.69) is 20.7 Å². The van der Waals surface area contributed by atoms with Gasteiger partial charge in [0.05, 0.1) is 23.7 Å². The number of nitro groups is 1. The summed E-state index contributed by atoms with van der Waals surface area (Å²) in [5.74, 6) is -0.469. The third kappa shape index (κ3) is 2.61. The van der Waals surface area contributed by atoms with Gasteiger partial charge in [-0.05, 0) is 34.8 Å². The molecule has 1 aliphatic carbocycles. The van der Waals surface area contributed by atoms with Crippen LogP contribution in [-0.4, -0.2) is 24.1 Å². The van der Waals surface area contributed by atoms with Gasteiger partial charge in [-0.2, -0.15) is 0 Å². The Morgan fingerprint density at radius 1 is 1.50 bits per heavy atom. The molecule has 96 valence electrons. The van der Waals surface area contributed by atoms with E-state index in [0.29, 0.717) is 0 Å². The average Bonchev–Trinajstić information content (AvgIpc) is 3.10. The Labute approximate surface area is 111 Å². The Kier molecular flexibility index (Phi) is 3.51. The summed E-state index contributed by atoms with van der Waals surface area (Å²) in [5, 5.41) is 11.0. The maximum Gasteiger partial charge on any atom is 0.338 e. The standard InChI is InChI=1S/C11H10BrNO5/c1-17-11(14)6-4-8(12)10(13(15)16)9(5-6)18-7-2-3-7/h4-5,7H,2-3H2,1H3. The summed E-state index contributed by atoms with van der Waals surface area (Å²) in [4.78, 5) is 21.9. The molecule has 1 saturated carbocycles. The SMILES string of the molecule is COC(=O)c1cc(Br)c([N+](=O)[O-])c(OC2CC2)c1. The fraction of sp³-hybridized carbons (Fsp3) is 0.364. The lowest BCUT2D eigenvalue weighted by atomic mass is 10.2. The molecule has 1 aromatic rings. The van der Waals surface area contributed by atoms with Crippen LogP contribution in [0, 0.1) is 10.1 Å². The quantitative estimate of drug-likeness (QED) is 0.485. The van der Waals surface area contributed by atoms with E-state index >= 15 is 0 Å². The zero-order chi connectivity index (χ0) is 13.3. The van der Waals surface area contributed by atoms with Crippen LogP contribution in [0.5, 0.6) is 5.75 Å². The molecule has 0 N–H and O–H groups in total. The van der Waals surface area contributed by atoms with Crippen molar-refractivity contribution in [3.63, 3.8) is 0 Å². The molecule has 0 saturated heterocycles. The largest absolute Gasteiger partial charge is 0.483 e. The number of ether oxygens (including phenoxy) is 2. The van der Waals surface area contributed by atoms with Crippen LogP contribution in [0.3, 0.4) is 0 Å².